The molecule has 0 saturated carbocycles. The summed E-state index contributed by atoms with van der Waals surface area (Å²) < 4.78 is 2.14. The lowest BCUT2D eigenvalue weighted by molar-refractivity contribution is 0.475. The van der Waals surface area contributed by atoms with E-state index in [0.717, 1.165) is 34.8 Å². The average molecular weight is 241 g/mol. The molecule has 2 aromatic carbocycles. The molecule has 0 radical (unpaired) electrons. The van der Waals surface area contributed by atoms with E-state index in [1.165, 1.54) is 0 Å². The van der Waals surface area contributed by atoms with Crippen molar-refractivity contribution in [2.75, 3.05) is 0 Å². The maximum absolute atomic E-state index is 9.64. The third-order valence-electron chi connectivity index (χ3n) is 3.28. The average Bonchev–Trinajstić information content (AvgIpc) is 2.63. The Bertz CT molecular complexity index is 669. The molecule has 92 valence electrons. The number of hydrogen-bond donors (Lipinski definition) is 2. The standard InChI is InChI=1S/C15H15NO2/c1-2-7-16-14-8-10(17)3-5-12(14)13-6-4-11(18)9-15(13)16/h3-6,8-9,17-18H,2,7H2,1H3. The summed E-state index contributed by atoms with van der Waals surface area (Å²) in [5, 5.41) is 21.5. The molecule has 0 atom stereocenters. The normalized spacial score (nSPS) is 11.4. The molecule has 0 unspecified atom stereocenters. The third kappa shape index (κ3) is 1.51. The molecule has 0 amide bonds. The number of fused-ring (bicyclic) bond motifs is 3. The SMILES string of the molecule is CCCn1c2cc(O)ccc2c2ccc(O)cc21. The van der Waals surface area contributed by atoms with Crippen LogP contribution in [0.15, 0.2) is 36.4 Å². The summed E-state index contributed by atoms with van der Waals surface area (Å²) in [5.74, 6) is 0.541. The molecule has 3 aromatic rings. The predicted molar refractivity (Wildman–Crippen MR) is 73.1 cm³/mol. The van der Waals surface area contributed by atoms with Crippen LogP contribution in [0.1, 0.15) is 13.3 Å². The van der Waals surface area contributed by atoms with Gasteiger partial charge in [0.05, 0.1) is 11.0 Å². The van der Waals surface area contributed by atoms with E-state index in [1.807, 2.05) is 12.1 Å². The van der Waals surface area contributed by atoms with Crippen LogP contribution in [0.4, 0.5) is 0 Å². The lowest BCUT2D eigenvalue weighted by Crippen LogP contribution is -1.95. The predicted octanol–water partition coefficient (Wildman–Crippen LogP) is 3.62. The van der Waals surface area contributed by atoms with Crippen LogP contribution in [0.2, 0.25) is 0 Å². The first-order valence-corrected chi connectivity index (χ1v) is 6.14. The van der Waals surface area contributed by atoms with Crippen molar-refractivity contribution in [3.8, 4) is 11.5 Å². The van der Waals surface area contributed by atoms with Crippen molar-refractivity contribution in [1.82, 2.24) is 4.57 Å². The summed E-state index contributed by atoms with van der Waals surface area (Å²) >= 11 is 0. The Morgan fingerprint density at radius 3 is 1.83 bits per heavy atom. The molecule has 0 aliphatic carbocycles. The van der Waals surface area contributed by atoms with Crippen molar-refractivity contribution in [1.29, 1.82) is 0 Å². The van der Waals surface area contributed by atoms with Gasteiger partial charge in [0.2, 0.25) is 0 Å². The first-order valence-electron chi connectivity index (χ1n) is 6.14. The summed E-state index contributed by atoms with van der Waals surface area (Å²) in [6.07, 6.45) is 1.00. The second-order valence-corrected chi connectivity index (χ2v) is 4.55. The first-order chi connectivity index (χ1) is 8.70. The molecule has 1 heterocycles. The van der Waals surface area contributed by atoms with Crippen LogP contribution < -0.4 is 0 Å². The van der Waals surface area contributed by atoms with E-state index in [9.17, 15) is 10.2 Å². The van der Waals surface area contributed by atoms with Gasteiger partial charge in [0.1, 0.15) is 11.5 Å². The molecule has 0 saturated heterocycles. The zero-order valence-electron chi connectivity index (χ0n) is 10.2. The second-order valence-electron chi connectivity index (χ2n) is 4.55. The summed E-state index contributed by atoms with van der Waals surface area (Å²) in [7, 11) is 0. The molecule has 2 N–H and O–H groups in total. The topological polar surface area (TPSA) is 45.4 Å². The number of aromatic hydroxyl groups is 2. The number of hydrogen-bond acceptors (Lipinski definition) is 2. The number of aryl methyl sites for hydroxylation is 1. The zero-order valence-corrected chi connectivity index (χ0v) is 10.2. The number of nitrogens with zero attached hydrogens (tertiary/aromatic N) is 1. The van der Waals surface area contributed by atoms with Gasteiger partial charge in [-0.05, 0) is 30.7 Å². The maximum atomic E-state index is 9.64. The highest BCUT2D eigenvalue weighted by atomic mass is 16.3. The quantitative estimate of drug-likeness (QED) is 0.719. The van der Waals surface area contributed by atoms with Gasteiger partial charge >= 0.3 is 0 Å². The zero-order chi connectivity index (χ0) is 12.7. The van der Waals surface area contributed by atoms with Crippen LogP contribution in [-0.4, -0.2) is 14.8 Å². The van der Waals surface area contributed by atoms with Gasteiger partial charge in [-0.2, -0.15) is 0 Å². The van der Waals surface area contributed by atoms with Crippen molar-refractivity contribution in [3.05, 3.63) is 36.4 Å². The number of phenols is 2. The Morgan fingerprint density at radius 1 is 0.889 bits per heavy atom. The summed E-state index contributed by atoms with van der Waals surface area (Å²) in [6.45, 7) is 2.98. The van der Waals surface area contributed by atoms with Gasteiger partial charge in [-0.15, -0.1) is 0 Å². The van der Waals surface area contributed by atoms with Crippen LogP contribution in [0, 0.1) is 0 Å². The molecule has 0 aliphatic rings. The molecular weight excluding hydrogens is 226 g/mol. The highest BCUT2D eigenvalue weighted by Crippen LogP contribution is 2.33. The van der Waals surface area contributed by atoms with Crippen LogP contribution in [0.5, 0.6) is 11.5 Å². The summed E-state index contributed by atoms with van der Waals surface area (Å²) in [6, 6.07) is 10.8. The first kappa shape index (κ1) is 11.0. The highest BCUT2D eigenvalue weighted by molar-refractivity contribution is 6.08. The molecule has 1 aromatic heterocycles. The van der Waals surface area contributed by atoms with E-state index in [-0.39, 0.29) is 11.5 Å². The van der Waals surface area contributed by atoms with E-state index >= 15 is 0 Å². The number of rotatable bonds is 2. The van der Waals surface area contributed by atoms with E-state index in [2.05, 4.69) is 11.5 Å². The molecule has 0 aliphatic heterocycles. The molecule has 3 nitrogen and oxygen atoms in total. The van der Waals surface area contributed by atoms with Crippen molar-refractivity contribution in [2.24, 2.45) is 0 Å². The minimum Gasteiger partial charge on any atom is -0.508 e. The Morgan fingerprint density at radius 2 is 1.39 bits per heavy atom. The van der Waals surface area contributed by atoms with E-state index < -0.39 is 0 Å². The van der Waals surface area contributed by atoms with Crippen LogP contribution >= 0.6 is 0 Å². The van der Waals surface area contributed by atoms with Gasteiger partial charge in [-0.3, -0.25) is 0 Å². The summed E-state index contributed by atoms with van der Waals surface area (Å²) in [5.41, 5.74) is 2.02. The Kier molecular flexibility index (Phi) is 2.40. The van der Waals surface area contributed by atoms with Gasteiger partial charge in [0.15, 0.2) is 0 Å². The Labute approximate surface area is 105 Å². The third-order valence-corrected chi connectivity index (χ3v) is 3.28. The van der Waals surface area contributed by atoms with E-state index in [0.29, 0.717) is 0 Å². The molecule has 0 fully saturated rings. The Hall–Kier alpha value is -2.16. The smallest absolute Gasteiger partial charge is 0.117 e. The fourth-order valence-corrected chi connectivity index (χ4v) is 2.54. The number of aromatic nitrogens is 1. The van der Waals surface area contributed by atoms with Crippen LogP contribution in [-0.2, 0) is 6.54 Å². The van der Waals surface area contributed by atoms with Gasteiger partial charge in [-0.1, -0.05) is 6.92 Å². The van der Waals surface area contributed by atoms with Crippen molar-refractivity contribution in [2.45, 2.75) is 19.9 Å². The monoisotopic (exact) mass is 241 g/mol. The molecule has 0 bridgehead atoms. The van der Waals surface area contributed by atoms with E-state index in [4.69, 9.17) is 0 Å². The summed E-state index contributed by atoms with van der Waals surface area (Å²) in [4.78, 5) is 0. The maximum Gasteiger partial charge on any atom is 0.117 e. The van der Waals surface area contributed by atoms with Gasteiger partial charge in [-0.25, -0.2) is 0 Å². The number of phenolic OH excluding ortho intramolecular Hbond substituents is 2. The van der Waals surface area contributed by atoms with E-state index in [1.54, 1.807) is 24.3 Å². The van der Waals surface area contributed by atoms with Crippen LogP contribution in [0.3, 0.4) is 0 Å². The highest BCUT2D eigenvalue weighted by Gasteiger charge is 2.11. The second kappa shape index (κ2) is 3.95. The molecular formula is C15H15NO2. The fraction of sp³-hybridized carbons (Fsp3) is 0.200. The van der Waals surface area contributed by atoms with Gasteiger partial charge in [0.25, 0.3) is 0 Å². The molecule has 18 heavy (non-hydrogen) atoms. The molecule has 3 heteroatoms. The van der Waals surface area contributed by atoms with Crippen molar-refractivity contribution < 1.29 is 10.2 Å². The van der Waals surface area contributed by atoms with Crippen LogP contribution in [0.25, 0.3) is 21.8 Å². The molecule has 0 spiro atoms. The van der Waals surface area contributed by atoms with Gasteiger partial charge < -0.3 is 14.8 Å². The minimum atomic E-state index is 0.270. The van der Waals surface area contributed by atoms with Crippen molar-refractivity contribution >= 4 is 21.8 Å². The fourth-order valence-electron chi connectivity index (χ4n) is 2.54. The largest absolute Gasteiger partial charge is 0.508 e. The number of benzene rings is 2. The Balaban J connectivity index is 2.48. The lowest BCUT2D eigenvalue weighted by atomic mass is 10.1. The molecule has 3 rings (SSSR count). The minimum absolute atomic E-state index is 0.270. The van der Waals surface area contributed by atoms with Gasteiger partial charge in [0, 0.05) is 29.4 Å². The van der Waals surface area contributed by atoms with Crippen molar-refractivity contribution in [3.63, 3.8) is 0 Å². The lowest BCUT2D eigenvalue weighted by Gasteiger charge is -2.05.